The van der Waals surface area contributed by atoms with Crippen LogP contribution in [-0.2, 0) is 13.5 Å². The Hall–Kier alpha value is 1.93. The zero-order valence-electron chi connectivity index (χ0n) is 19.0. The molecule has 158 valence electrons. The predicted molar refractivity (Wildman–Crippen MR) is 128 cm³/mol. The van der Waals surface area contributed by atoms with Crippen LogP contribution in [0.15, 0.2) is 0 Å². The molecule has 0 atom stereocenters. The van der Waals surface area contributed by atoms with Crippen LogP contribution in [0.5, 0.6) is 0 Å². The molecule has 0 amide bonds. The van der Waals surface area contributed by atoms with E-state index in [0.717, 1.165) is 34.0 Å². The molecular weight excluding hydrogens is 474 g/mol. The van der Waals surface area contributed by atoms with Crippen molar-refractivity contribution in [3.8, 4) is 0 Å². The van der Waals surface area contributed by atoms with Crippen molar-refractivity contribution >= 4 is 39.8 Å². The predicted octanol–water partition coefficient (Wildman–Crippen LogP) is 9.12. The SMILES string of the molecule is CC(C)P(C(C)C)C(C)C.CC(C)P(C(C)C)C(C)C.C[CH]=[Ru]([Cl])[Cl]. The van der Waals surface area contributed by atoms with Crippen molar-refractivity contribution in [3.05, 3.63) is 0 Å². The molecule has 0 aliphatic rings. The molecule has 0 aromatic carbocycles. The van der Waals surface area contributed by atoms with Crippen molar-refractivity contribution in [2.75, 3.05) is 0 Å². The summed E-state index contributed by atoms with van der Waals surface area (Å²) in [6.07, 6.45) is 0. The molecule has 5 heteroatoms. The average molecular weight is 521 g/mol. The van der Waals surface area contributed by atoms with E-state index in [1.54, 1.807) is 0 Å². The standard InChI is InChI=1S/2C9H21P.C2H4.2ClH.Ru/c2*1-7(2)10(8(3)4)9(5)6;1-2;;;/h2*7-9H,1-6H3;1H,2H3;2*1H;/q;;;;;+2/p-2. The summed E-state index contributed by atoms with van der Waals surface area (Å²) in [5.41, 5.74) is 5.39. The van der Waals surface area contributed by atoms with E-state index in [2.05, 4.69) is 83.1 Å². The molecule has 0 spiro atoms. The molecular formula is C20H46Cl2P2Ru. The summed E-state index contributed by atoms with van der Waals surface area (Å²) in [6.45, 7) is 30.1. The van der Waals surface area contributed by atoms with Gasteiger partial charge >= 0.3 is 44.4 Å². The molecule has 0 nitrogen and oxygen atoms in total. The van der Waals surface area contributed by atoms with Gasteiger partial charge in [0, 0.05) is 0 Å². The zero-order chi connectivity index (χ0) is 20.9. The van der Waals surface area contributed by atoms with Crippen molar-refractivity contribution in [3.63, 3.8) is 0 Å². The van der Waals surface area contributed by atoms with Crippen LogP contribution in [0.2, 0.25) is 0 Å². The van der Waals surface area contributed by atoms with Gasteiger partial charge in [0.25, 0.3) is 0 Å². The van der Waals surface area contributed by atoms with Gasteiger partial charge < -0.3 is 0 Å². The molecule has 25 heavy (non-hydrogen) atoms. The second-order valence-electron chi connectivity index (χ2n) is 7.87. The summed E-state index contributed by atoms with van der Waals surface area (Å²) in [5, 5.41) is 0. The van der Waals surface area contributed by atoms with Crippen molar-refractivity contribution in [2.45, 2.75) is 124 Å². The Morgan fingerprint density at radius 2 is 0.640 bits per heavy atom. The average Bonchev–Trinajstić information content (AvgIpc) is 2.36. The third kappa shape index (κ3) is 19.0. The van der Waals surface area contributed by atoms with E-state index in [0.29, 0.717) is 0 Å². The van der Waals surface area contributed by atoms with Gasteiger partial charge in [0.15, 0.2) is 0 Å². The third-order valence-electron chi connectivity index (χ3n) is 3.73. The first-order valence-corrected chi connectivity index (χ1v) is 18.1. The summed E-state index contributed by atoms with van der Waals surface area (Å²) in [5.74, 6) is 0. The van der Waals surface area contributed by atoms with Crippen molar-refractivity contribution < 1.29 is 13.5 Å². The summed E-state index contributed by atoms with van der Waals surface area (Å²) >= 11 is -1.36. The van der Waals surface area contributed by atoms with Gasteiger partial charge in [0.2, 0.25) is 0 Å². The van der Waals surface area contributed by atoms with Gasteiger partial charge in [-0.25, -0.2) is 0 Å². The molecule has 0 N–H and O–H groups in total. The minimum atomic E-state index is -1.36. The van der Waals surface area contributed by atoms with Crippen molar-refractivity contribution in [1.82, 2.24) is 0 Å². The van der Waals surface area contributed by atoms with Crippen LogP contribution in [0.1, 0.15) is 90.0 Å². The minimum absolute atomic E-state index is 0.262. The zero-order valence-corrected chi connectivity index (χ0v) is 24.1. The molecule has 0 heterocycles. The van der Waals surface area contributed by atoms with E-state index in [1.165, 1.54) is 0 Å². The molecule has 0 aliphatic carbocycles. The van der Waals surface area contributed by atoms with Crippen molar-refractivity contribution in [2.24, 2.45) is 0 Å². The number of hydrogen-bond donors (Lipinski definition) is 0. The second-order valence-corrected chi connectivity index (χ2v) is 22.1. The van der Waals surface area contributed by atoms with E-state index in [1.807, 2.05) is 11.5 Å². The Balaban J connectivity index is -0.000000308. The van der Waals surface area contributed by atoms with Crippen LogP contribution in [0.25, 0.3) is 0 Å². The Morgan fingerprint density at radius 3 is 0.640 bits per heavy atom. The first-order chi connectivity index (χ1) is 11.2. The molecule has 0 radical (unpaired) electrons. The molecule has 0 unspecified atom stereocenters. The molecule has 0 aromatic rings. The molecule has 0 saturated heterocycles. The van der Waals surface area contributed by atoms with E-state index in [4.69, 9.17) is 19.4 Å². The molecule has 0 fully saturated rings. The van der Waals surface area contributed by atoms with Crippen LogP contribution >= 0.6 is 35.2 Å². The van der Waals surface area contributed by atoms with Crippen LogP contribution in [0.4, 0.5) is 0 Å². The van der Waals surface area contributed by atoms with Crippen LogP contribution in [0, 0.1) is 0 Å². The van der Waals surface area contributed by atoms with Gasteiger partial charge in [0.05, 0.1) is 0 Å². The van der Waals surface area contributed by atoms with Crippen LogP contribution in [-0.4, -0.2) is 38.6 Å². The maximum absolute atomic E-state index is 5.32. The monoisotopic (exact) mass is 520 g/mol. The molecule has 0 saturated carbocycles. The van der Waals surface area contributed by atoms with E-state index in [-0.39, 0.29) is 15.8 Å². The topological polar surface area (TPSA) is 0 Å². The Bertz CT molecular complexity index is 262. The first kappa shape index (κ1) is 31.6. The molecule has 0 aromatic heterocycles. The van der Waals surface area contributed by atoms with Gasteiger partial charge in [-0.1, -0.05) is 98.9 Å². The van der Waals surface area contributed by atoms with E-state index in [9.17, 15) is 0 Å². The summed E-state index contributed by atoms with van der Waals surface area (Å²) in [4.78, 5) is 0. The first-order valence-electron chi connectivity index (χ1n) is 9.53. The van der Waals surface area contributed by atoms with E-state index >= 15 is 0 Å². The number of rotatable bonds is 6. The van der Waals surface area contributed by atoms with Gasteiger partial charge in [-0.05, 0) is 34.0 Å². The Labute approximate surface area is 176 Å². The van der Waals surface area contributed by atoms with Crippen LogP contribution < -0.4 is 0 Å². The van der Waals surface area contributed by atoms with Crippen LogP contribution in [0.3, 0.4) is 0 Å². The van der Waals surface area contributed by atoms with E-state index < -0.39 is 13.5 Å². The summed E-state index contributed by atoms with van der Waals surface area (Å²) in [6, 6.07) is 0. The molecule has 0 aliphatic heterocycles. The number of hydrogen-bond acceptors (Lipinski definition) is 0. The van der Waals surface area contributed by atoms with Crippen molar-refractivity contribution in [1.29, 1.82) is 0 Å². The quantitative estimate of drug-likeness (QED) is 0.242. The van der Waals surface area contributed by atoms with Gasteiger partial charge in [-0.2, -0.15) is 0 Å². The number of halogens is 2. The second kappa shape index (κ2) is 18.0. The normalized spacial score (nSPS) is 12.2. The van der Waals surface area contributed by atoms with Gasteiger partial charge in [-0.3, -0.25) is 0 Å². The summed E-state index contributed by atoms with van der Waals surface area (Å²) < 4.78 is 1.84. The molecule has 0 rings (SSSR count). The van der Waals surface area contributed by atoms with Gasteiger partial charge in [0.1, 0.15) is 0 Å². The molecule has 0 bridgehead atoms. The fourth-order valence-electron chi connectivity index (χ4n) is 3.58. The fraction of sp³-hybridized carbons (Fsp3) is 0.950. The maximum atomic E-state index is 5.32. The third-order valence-corrected chi connectivity index (χ3v) is 13.5. The Morgan fingerprint density at radius 1 is 0.520 bits per heavy atom. The van der Waals surface area contributed by atoms with Gasteiger partial charge in [-0.15, -0.1) is 0 Å². The Kier molecular flexibility index (Phi) is 22.8. The fourth-order valence-corrected chi connectivity index (χ4v) is 10.7. The summed E-state index contributed by atoms with van der Waals surface area (Å²) in [7, 11) is 11.2.